The molecule has 0 radical (unpaired) electrons. The van der Waals surface area contributed by atoms with Gasteiger partial charge in [-0.15, -0.1) is 5.70 Å². The lowest BCUT2D eigenvalue weighted by Gasteiger charge is -1.92. The van der Waals surface area contributed by atoms with Crippen LogP contribution in [0.5, 0.6) is 0 Å². The lowest BCUT2D eigenvalue weighted by molar-refractivity contribution is 1.28. The van der Waals surface area contributed by atoms with Crippen LogP contribution in [0, 0.1) is 0 Å². The van der Waals surface area contributed by atoms with Crippen LogP contribution in [-0.4, -0.2) is 10.2 Å². The molecule has 0 aliphatic carbocycles. The Hall–Kier alpha value is -0.823. The molecule has 0 aromatic heterocycles. The van der Waals surface area contributed by atoms with Gasteiger partial charge in [0.1, 0.15) is 0 Å². The van der Waals surface area contributed by atoms with Crippen molar-refractivity contribution < 1.29 is 0 Å². The van der Waals surface area contributed by atoms with Gasteiger partial charge < -0.3 is 0 Å². The highest BCUT2D eigenvalue weighted by molar-refractivity contribution is 6.16. The smallest absolute Gasteiger partial charge is 0.0287 e. The molecule has 0 fully saturated rings. The van der Waals surface area contributed by atoms with Crippen LogP contribution in [0.4, 0.5) is 0 Å². The molecule has 0 aliphatic heterocycles. The molecule has 0 nitrogen and oxygen atoms in total. The molecule has 0 aliphatic rings. The maximum absolute atomic E-state index is 2.22. The second-order valence-corrected chi connectivity index (χ2v) is 2.93. The largest absolute Gasteiger partial charge is 0.109 e. The molecule has 0 atom stereocenters. The average molecular weight is 148 g/mol. The fourth-order valence-electron chi connectivity index (χ4n) is 0.868. The fraction of sp³-hybridized carbons (Fsp3) is 0.111. The Labute approximate surface area is 65.0 Å². The molecule has 0 bridgehead atoms. The van der Waals surface area contributed by atoms with E-state index in [1.54, 1.807) is 0 Å². The molecule has 10 heavy (non-hydrogen) atoms. The van der Waals surface area contributed by atoms with Crippen molar-refractivity contribution in [2.45, 2.75) is 6.42 Å². The normalized spacial score (nSPS) is 10.8. The molecule has 0 spiro atoms. The molecule has 0 saturated heterocycles. The summed E-state index contributed by atoms with van der Waals surface area (Å²) in [4.78, 5) is 0. The van der Waals surface area contributed by atoms with Gasteiger partial charge in [-0.3, -0.25) is 0 Å². The SMILES string of the molecule is [SiH3]C=CCc1ccccc1. The van der Waals surface area contributed by atoms with E-state index in [1.807, 2.05) is 6.07 Å². The summed E-state index contributed by atoms with van der Waals surface area (Å²) in [5.41, 5.74) is 3.61. The van der Waals surface area contributed by atoms with Crippen molar-refractivity contribution >= 4 is 10.2 Å². The highest BCUT2D eigenvalue weighted by atomic mass is 28.1. The second-order valence-electron chi connectivity index (χ2n) is 2.26. The highest BCUT2D eigenvalue weighted by Gasteiger charge is 1.82. The van der Waals surface area contributed by atoms with E-state index < -0.39 is 0 Å². The molecule has 0 saturated carbocycles. The van der Waals surface area contributed by atoms with Gasteiger partial charge in [0.05, 0.1) is 0 Å². The van der Waals surface area contributed by atoms with Gasteiger partial charge in [-0.2, -0.15) is 0 Å². The second kappa shape index (κ2) is 4.07. The summed E-state index contributed by atoms with van der Waals surface area (Å²) >= 11 is 0. The molecule has 52 valence electrons. The third-order valence-electron chi connectivity index (χ3n) is 1.43. The fourth-order valence-corrected chi connectivity index (χ4v) is 1.10. The molecule has 1 heteroatoms. The predicted molar refractivity (Wildman–Crippen MR) is 49.2 cm³/mol. The minimum atomic E-state index is 1.09. The molecule has 1 aromatic rings. The number of benzene rings is 1. The van der Waals surface area contributed by atoms with Gasteiger partial charge in [0.15, 0.2) is 0 Å². The Balaban J connectivity index is 2.59. The van der Waals surface area contributed by atoms with E-state index in [-0.39, 0.29) is 0 Å². The summed E-state index contributed by atoms with van der Waals surface area (Å²) in [6.07, 6.45) is 3.31. The maximum atomic E-state index is 2.22. The van der Waals surface area contributed by atoms with E-state index in [0.29, 0.717) is 0 Å². The third-order valence-corrected chi connectivity index (χ3v) is 1.90. The van der Waals surface area contributed by atoms with Crippen molar-refractivity contribution in [3.05, 3.63) is 47.7 Å². The number of rotatable bonds is 2. The molecule has 1 rings (SSSR count). The van der Waals surface area contributed by atoms with Gasteiger partial charge in [-0.05, 0) is 12.0 Å². The summed E-state index contributed by atoms with van der Waals surface area (Å²) in [5.74, 6) is 0. The van der Waals surface area contributed by atoms with E-state index in [9.17, 15) is 0 Å². The van der Waals surface area contributed by atoms with Gasteiger partial charge in [-0.1, -0.05) is 36.4 Å². The number of hydrogen-bond acceptors (Lipinski definition) is 0. The highest BCUT2D eigenvalue weighted by Crippen LogP contribution is 1.98. The zero-order chi connectivity index (χ0) is 7.23. The molecule has 0 unspecified atom stereocenters. The van der Waals surface area contributed by atoms with Crippen LogP contribution in [0.25, 0.3) is 0 Å². The Morgan fingerprint density at radius 3 is 2.50 bits per heavy atom. The van der Waals surface area contributed by atoms with E-state index in [0.717, 1.165) is 6.42 Å². The third kappa shape index (κ3) is 2.19. The van der Waals surface area contributed by atoms with Crippen LogP contribution in [0.15, 0.2) is 42.1 Å². The summed E-state index contributed by atoms with van der Waals surface area (Å²) in [7, 11) is 1.17. The Bertz CT molecular complexity index is 201. The topological polar surface area (TPSA) is 0 Å². The van der Waals surface area contributed by atoms with Gasteiger partial charge in [0, 0.05) is 10.2 Å². The van der Waals surface area contributed by atoms with Crippen molar-refractivity contribution in [1.82, 2.24) is 0 Å². The summed E-state index contributed by atoms with van der Waals surface area (Å²) in [5, 5.41) is 0. The first-order valence-corrected chi connectivity index (χ1v) is 4.74. The lowest BCUT2D eigenvalue weighted by Crippen LogP contribution is -1.77. The standard InChI is InChI=1S/C9H12Si/c10-8-4-7-9-5-2-1-3-6-9/h1-6,8H,7H2,10H3. The first-order valence-electron chi connectivity index (χ1n) is 3.58. The average Bonchev–Trinajstić information content (AvgIpc) is 2.03. The summed E-state index contributed by atoms with van der Waals surface area (Å²) in [6.45, 7) is 0. The van der Waals surface area contributed by atoms with E-state index >= 15 is 0 Å². The zero-order valence-corrected chi connectivity index (χ0v) is 8.25. The molecule has 0 heterocycles. The van der Waals surface area contributed by atoms with Crippen molar-refractivity contribution in [3.63, 3.8) is 0 Å². The van der Waals surface area contributed by atoms with Gasteiger partial charge in [-0.25, -0.2) is 0 Å². The molecular formula is C9H12Si. The molecule has 0 N–H and O–H groups in total. The van der Waals surface area contributed by atoms with Crippen LogP contribution in [-0.2, 0) is 6.42 Å². The van der Waals surface area contributed by atoms with E-state index in [2.05, 4.69) is 36.0 Å². The minimum Gasteiger partial charge on any atom is -0.109 e. The predicted octanol–water partition coefficient (Wildman–Crippen LogP) is 1.11. The maximum Gasteiger partial charge on any atom is 0.0287 e. The lowest BCUT2D eigenvalue weighted by atomic mass is 10.2. The van der Waals surface area contributed by atoms with Gasteiger partial charge >= 0.3 is 0 Å². The molecule has 1 aromatic carbocycles. The van der Waals surface area contributed by atoms with Crippen molar-refractivity contribution in [2.75, 3.05) is 0 Å². The van der Waals surface area contributed by atoms with Gasteiger partial charge in [0.2, 0.25) is 0 Å². The first-order chi connectivity index (χ1) is 4.93. The summed E-state index contributed by atoms with van der Waals surface area (Å²) < 4.78 is 0. The van der Waals surface area contributed by atoms with Gasteiger partial charge in [0.25, 0.3) is 0 Å². The van der Waals surface area contributed by atoms with Crippen molar-refractivity contribution in [2.24, 2.45) is 0 Å². The molecule has 0 amide bonds. The van der Waals surface area contributed by atoms with Crippen molar-refractivity contribution in [3.8, 4) is 0 Å². The van der Waals surface area contributed by atoms with Crippen molar-refractivity contribution in [1.29, 1.82) is 0 Å². The number of hydrogen-bond donors (Lipinski definition) is 0. The molecular weight excluding hydrogens is 136 g/mol. The first kappa shape index (κ1) is 7.29. The Morgan fingerprint density at radius 1 is 1.20 bits per heavy atom. The quantitative estimate of drug-likeness (QED) is 0.551. The summed E-state index contributed by atoms with van der Waals surface area (Å²) in [6, 6.07) is 10.5. The van der Waals surface area contributed by atoms with Crippen LogP contribution < -0.4 is 0 Å². The van der Waals surface area contributed by atoms with E-state index in [1.165, 1.54) is 15.8 Å². The van der Waals surface area contributed by atoms with Crippen LogP contribution in [0.2, 0.25) is 0 Å². The Kier molecular flexibility index (Phi) is 2.96. The minimum absolute atomic E-state index is 1.09. The van der Waals surface area contributed by atoms with Crippen LogP contribution >= 0.6 is 0 Å². The zero-order valence-electron chi connectivity index (χ0n) is 6.25. The Morgan fingerprint density at radius 2 is 1.90 bits per heavy atom. The van der Waals surface area contributed by atoms with Crippen LogP contribution in [0.3, 0.4) is 0 Å². The number of allylic oxidation sites excluding steroid dienone is 1. The monoisotopic (exact) mass is 148 g/mol. The van der Waals surface area contributed by atoms with Crippen LogP contribution in [0.1, 0.15) is 5.56 Å². The van der Waals surface area contributed by atoms with E-state index in [4.69, 9.17) is 0 Å².